The zero-order chi connectivity index (χ0) is 14.1. The fourth-order valence-corrected chi connectivity index (χ4v) is 2.69. The molecule has 1 fully saturated rings. The Morgan fingerprint density at radius 3 is 2.30 bits per heavy atom. The molecule has 1 amide bonds. The van der Waals surface area contributed by atoms with Gasteiger partial charge in [0.05, 0.1) is 12.0 Å². The van der Waals surface area contributed by atoms with Crippen molar-refractivity contribution in [3.8, 4) is 11.1 Å². The Hall–Kier alpha value is -2.35. The maximum Gasteiger partial charge on any atom is 0.227 e. The Morgan fingerprint density at radius 1 is 1.00 bits per heavy atom. The number of hydrogen-bond donors (Lipinski definition) is 1. The molecule has 0 radical (unpaired) electrons. The van der Waals surface area contributed by atoms with Gasteiger partial charge < -0.3 is 5.32 Å². The maximum absolute atomic E-state index is 11.8. The third-order valence-electron chi connectivity index (χ3n) is 3.96. The van der Waals surface area contributed by atoms with Crippen LogP contribution in [0.2, 0.25) is 0 Å². The second-order valence-corrected chi connectivity index (χ2v) is 5.19. The molecule has 2 heteroatoms. The number of hydrogen-bond acceptors (Lipinski definition) is 1. The highest BCUT2D eigenvalue weighted by Crippen LogP contribution is 2.37. The molecule has 0 unspecified atom stereocenters. The minimum absolute atomic E-state index is 0.0582. The van der Waals surface area contributed by atoms with Crippen molar-refractivity contribution in [2.24, 2.45) is 5.92 Å². The van der Waals surface area contributed by atoms with E-state index in [-0.39, 0.29) is 17.9 Å². The van der Waals surface area contributed by atoms with Gasteiger partial charge in [0.25, 0.3) is 0 Å². The normalized spacial score (nSPS) is 21.9. The van der Waals surface area contributed by atoms with Crippen molar-refractivity contribution in [3.63, 3.8) is 0 Å². The predicted molar refractivity (Wildman–Crippen MR) is 81.1 cm³/mol. The monoisotopic (exact) mass is 263 g/mol. The Bertz CT molecular complexity index is 660. The molecule has 2 aromatic carbocycles. The molecule has 20 heavy (non-hydrogen) atoms. The van der Waals surface area contributed by atoms with Gasteiger partial charge >= 0.3 is 0 Å². The van der Waals surface area contributed by atoms with Gasteiger partial charge in [-0.1, -0.05) is 61.2 Å². The number of carbonyl (C=O) groups excluding carboxylic acids is 1. The summed E-state index contributed by atoms with van der Waals surface area (Å²) in [6.07, 6.45) is 0. The van der Waals surface area contributed by atoms with E-state index in [9.17, 15) is 4.79 Å². The number of rotatable bonds is 2. The summed E-state index contributed by atoms with van der Waals surface area (Å²) in [5, 5.41) is 3.04. The van der Waals surface area contributed by atoms with Crippen molar-refractivity contribution in [2.75, 3.05) is 0 Å². The first-order valence-corrected chi connectivity index (χ1v) is 6.82. The standard InChI is InChI=1S/C18H17NO/c1-12-13(2)18(20)19-17(12)16-11-7-6-10-15(16)14-8-4-3-5-9-14/h3-11,13,17H,1H2,2H3,(H,19,20)/t13-,17+/m1/s1. The van der Waals surface area contributed by atoms with E-state index >= 15 is 0 Å². The summed E-state index contributed by atoms with van der Waals surface area (Å²) in [7, 11) is 0. The van der Waals surface area contributed by atoms with E-state index in [0.29, 0.717) is 0 Å². The molecule has 1 aliphatic heterocycles. The fraction of sp³-hybridized carbons (Fsp3) is 0.167. The van der Waals surface area contributed by atoms with Crippen molar-refractivity contribution in [1.82, 2.24) is 5.32 Å². The Kier molecular flexibility index (Phi) is 3.15. The second kappa shape index (κ2) is 4.97. The summed E-state index contributed by atoms with van der Waals surface area (Å²) < 4.78 is 0. The van der Waals surface area contributed by atoms with E-state index in [1.165, 1.54) is 0 Å². The van der Waals surface area contributed by atoms with Crippen LogP contribution in [-0.4, -0.2) is 5.91 Å². The van der Waals surface area contributed by atoms with Crippen molar-refractivity contribution in [1.29, 1.82) is 0 Å². The number of amides is 1. The molecule has 0 aromatic heterocycles. The van der Waals surface area contributed by atoms with Crippen LogP contribution >= 0.6 is 0 Å². The second-order valence-electron chi connectivity index (χ2n) is 5.19. The smallest absolute Gasteiger partial charge is 0.227 e. The van der Waals surface area contributed by atoms with Crippen molar-refractivity contribution in [2.45, 2.75) is 13.0 Å². The van der Waals surface area contributed by atoms with Crippen LogP contribution < -0.4 is 5.32 Å². The molecule has 0 aliphatic carbocycles. The number of nitrogens with one attached hydrogen (secondary N) is 1. The van der Waals surface area contributed by atoms with Gasteiger partial charge in [-0.2, -0.15) is 0 Å². The van der Waals surface area contributed by atoms with E-state index in [1.54, 1.807) is 0 Å². The first-order valence-electron chi connectivity index (χ1n) is 6.82. The molecule has 1 N–H and O–H groups in total. The van der Waals surface area contributed by atoms with Crippen LogP contribution in [0.15, 0.2) is 66.7 Å². The summed E-state index contributed by atoms with van der Waals surface area (Å²) in [6, 6.07) is 18.3. The van der Waals surface area contributed by atoms with Gasteiger partial charge in [-0.15, -0.1) is 0 Å². The van der Waals surface area contributed by atoms with E-state index in [2.05, 4.69) is 36.2 Å². The average molecular weight is 263 g/mol. The molecule has 2 atom stereocenters. The lowest BCUT2D eigenvalue weighted by atomic mass is 9.90. The highest BCUT2D eigenvalue weighted by molar-refractivity contribution is 5.86. The van der Waals surface area contributed by atoms with Crippen LogP contribution in [0.4, 0.5) is 0 Å². The molecule has 0 saturated carbocycles. The fourth-order valence-electron chi connectivity index (χ4n) is 2.69. The third-order valence-corrected chi connectivity index (χ3v) is 3.96. The first kappa shape index (κ1) is 12.7. The highest BCUT2D eigenvalue weighted by Gasteiger charge is 2.34. The lowest BCUT2D eigenvalue weighted by Gasteiger charge is -2.17. The summed E-state index contributed by atoms with van der Waals surface area (Å²) in [6.45, 7) is 6.00. The summed E-state index contributed by atoms with van der Waals surface area (Å²) >= 11 is 0. The summed E-state index contributed by atoms with van der Waals surface area (Å²) in [5.41, 5.74) is 4.36. The molecule has 0 bridgehead atoms. The maximum atomic E-state index is 11.8. The highest BCUT2D eigenvalue weighted by atomic mass is 16.2. The summed E-state index contributed by atoms with van der Waals surface area (Å²) in [4.78, 5) is 11.8. The minimum atomic E-state index is -0.121. The van der Waals surface area contributed by atoms with Crippen LogP contribution in [0, 0.1) is 5.92 Å². The van der Waals surface area contributed by atoms with Crippen molar-refractivity contribution >= 4 is 5.91 Å². The molecule has 1 aliphatic rings. The van der Waals surface area contributed by atoms with E-state index in [0.717, 1.165) is 22.3 Å². The Balaban J connectivity index is 2.08. The van der Waals surface area contributed by atoms with Crippen LogP contribution in [-0.2, 0) is 4.79 Å². The molecule has 2 nitrogen and oxygen atoms in total. The molecule has 0 spiro atoms. The van der Waals surface area contributed by atoms with E-state index < -0.39 is 0 Å². The number of benzene rings is 2. The molecule has 3 rings (SSSR count). The molecule has 1 saturated heterocycles. The SMILES string of the molecule is C=C1[C@@H](C)C(=O)N[C@@H]1c1ccccc1-c1ccccc1. The lowest BCUT2D eigenvalue weighted by molar-refractivity contribution is -0.121. The average Bonchev–Trinajstić information content (AvgIpc) is 2.76. The van der Waals surface area contributed by atoms with Gasteiger partial charge in [0.2, 0.25) is 5.91 Å². The largest absolute Gasteiger partial charge is 0.345 e. The van der Waals surface area contributed by atoms with Crippen molar-refractivity contribution in [3.05, 3.63) is 72.3 Å². The predicted octanol–water partition coefficient (Wildman–Crippen LogP) is 3.72. The molecule has 2 aromatic rings. The molecular weight excluding hydrogens is 246 g/mol. The Morgan fingerprint density at radius 2 is 1.65 bits per heavy atom. The quantitative estimate of drug-likeness (QED) is 0.822. The topological polar surface area (TPSA) is 29.1 Å². The van der Waals surface area contributed by atoms with Crippen molar-refractivity contribution < 1.29 is 4.79 Å². The van der Waals surface area contributed by atoms with E-state index in [1.807, 2.05) is 37.3 Å². The van der Waals surface area contributed by atoms with E-state index in [4.69, 9.17) is 0 Å². The zero-order valence-electron chi connectivity index (χ0n) is 11.5. The molecule has 100 valence electrons. The third kappa shape index (κ3) is 2.03. The van der Waals surface area contributed by atoms with Crippen LogP contribution in [0.3, 0.4) is 0 Å². The van der Waals surface area contributed by atoms with Gasteiger partial charge in [-0.05, 0) is 29.2 Å². The lowest BCUT2D eigenvalue weighted by Crippen LogP contribution is -2.20. The minimum Gasteiger partial charge on any atom is -0.345 e. The van der Waals surface area contributed by atoms with Gasteiger partial charge in [0.15, 0.2) is 0 Å². The Labute approximate surface area is 119 Å². The zero-order valence-corrected chi connectivity index (χ0v) is 11.5. The van der Waals surface area contributed by atoms with Crippen LogP contribution in [0.1, 0.15) is 18.5 Å². The van der Waals surface area contributed by atoms with Gasteiger partial charge in [0.1, 0.15) is 0 Å². The van der Waals surface area contributed by atoms with Crippen LogP contribution in [0.25, 0.3) is 11.1 Å². The summed E-state index contributed by atoms with van der Waals surface area (Å²) in [5.74, 6) is -0.0632. The van der Waals surface area contributed by atoms with Gasteiger partial charge in [0, 0.05) is 0 Å². The molecular formula is C18H17NO. The van der Waals surface area contributed by atoms with Gasteiger partial charge in [-0.3, -0.25) is 4.79 Å². The first-order chi connectivity index (χ1) is 9.68. The van der Waals surface area contributed by atoms with Gasteiger partial charge in [-0.25, -0.2) is 0 Å². The number of carbonyl (C=O) groups is 1. The molecule has 1 heterocycles. The van der Waals surface area contributed by atoms with Crippen LogP contribution in [0.5, 0.6) is 0 Å².